The van der Waals surface area contributed by atoms with Gasteiger partial charge in [0.1, 0.15) is 0 Å². The molecule has 5 aromatic carbocycles. The van der Waals surface area contributed by atoms with Gasteiger partial charge in [0, 0.05) is 23.3 Å². The predicted molar refractivity (Wildman–Crippen MR) is 172 cm³/mol. The molecule has 1 aliphatic rings. The zero-order valence-corrected chi connectivity index (χ0v) is 23.2. The van der Waals surface area contributed by atoms with Crippen LogP contribution in [0.2, 0.25) is 0 Å². The summed E-state index contributed by atoms with van der Waals surface area (Å²) >= 11 is 0. The van der Waals surface area contributed by atoms with Crippen LogP contribution in [0.5, 0.6) is 0 Å². The van der Waals surface area contributed by atoms with Gasteiger partial charge in [-0.25, -0.2) is 4.98 Å². The number of aromatic nitrogens is 1. The van der Waals surface area contributed by atoms with E-state index in [-0.39, 0.29) is 0 Å². The van der Waals surface area contributed by atoms with Crippen molar-refractivity contribution in [2.45, 2.75) is 18.3 Å². The van der Waals surface area contributed by atoms with Gasteiger partial charge < -0.3 is 4.42 Å². The first-order chi connectivity index (χ1) is 20.8. The fraction of sp³-hybridized carbons (Fsp3) is 0.0769. The molecular formula is C39H30N2O. The summed E-state index contributed by atoms with van der Waals surface area (Å²) in [5.41, 5.74) is 9.32. The van der Waals surface area contributed by atoms with Gasteiger partial charge in [0.2, 0.25) is 5.89 Å². The summed E-state index contributed by atoms with van der Waals surface area (Å²) in [6.45, 7) is 0. The molecule has 0 saturated heterocycles. The molecule has 2 atom stereocenters. The van der Waals surface area contributed by atoms with E-state index in [2.05, 4.69) is 96.0 Å². The maximum Gasteiger partial charge on any atom is 0.226 e. The molecule has 0 bridgehead atoms. The number of hydrogen-bond acceptors (Lipinski definition) is 3. The predicted octanol–water partition coefficient (Wildman–Crippen LogP) is 10.1. The average Bonchev–Trinajstić information content (AvgIpc) is 3.75. The smallest absolute Gasteiger partial charge is 0.226 e. The molecule has 0 unspecified atom stereocenters. The minimum Gasteiger partial charge on any atom is -0.436 e. The van der Waals surface area contributed by atoms with Crippen LogP contribution in [0.1, 0.15) is 40.5 Å². The molecule has 202 valence electrons. The maximum absolute atomic E-state index is 5.99. The van der Waals surface area contributed by atoms with Gasteiger partial charge in [-0.05, 0) is 64.4 Å². The van der Waals surface area contributed by atoms with Crippen molar-refractivity contribution in [2.24, 2.45) is 4.99 Å². The molecule has 3 heteroatoms. The second-order valence-corrected chi connectivity index (χ2v) is 10.7. The number of benzene rings is 5. The first-order valence-corrected chi connectivity index (χ1v) is 14.4. The van der Waals surface area contributed by atoms with Crippen LogP contribution in [0.25, 0.3) is 28.4 Å². The van der Waals surface area contributed by atoms with Crippen molar-refractivity contribution in [1.29, 1.82) is 0 Å². The summed E-state index contributed by atoms with van der Waals surface area (Å²) in [5.74, 6) is 2.17. The Balaban J connectivity index is 1.05. The minimum atomic E-state index is 0.366. The van der Waals surface area contributed by atoms with E-state index in [0.29, 0.717) is 17.7 Å². The van der Waals surface area contributed by atoms with Gasteiger partial charge in [0.25, 0.3) is 0 Å². The standard InChI is InChI=1S/C39H30N2O/c1-4-10-30(11-5-1)36-24-34(25-37(36)31-12-6-2-7-13-31)29-20-22-35(23-21-29)40-26-28-16-18-33(19-17-28)39-41-27-38(42-39)32-14-8-3-9-15-32/h1-24,26-27,36-37H,25H2/t36-,37-/m0/s1. The molecule has 0 N–H and O–H groups in total. The highest BCUT2D eigenvalue weighted by atomic mass is 16.4. The number of nitrogens with zero attached hydrogens (tertiary/aromatic N) is 2. The van der Waals surface area contributed by atoms with E-state index >= 15 is 0 Å². The van der Waals surface area contributed by atoms with E-state index in [1.807, 2.05) is 60.8 Å². The second-order valence-electron chi connectivity index (χ2n) is 10.7. The van der Waals surface area contributed by atoms with Crippen LogP contribution in [0, 0.1) is 0 Å². The molecule has 3 nitrogen and oxygen atoms in total. The molecule has 0 saturated carbocycles. The third kappa shape index (κ3) is 5.50. The van der Waals surface area contributed by atoms with Crippen LogP contribution in [-0.2, 0) is 0 Å². The van der Waals surface area contributed by atoms with E-state index < -0.39 is 0 Å². The van der Waals surface area contributed by atoms with Crippen molar-refractivity contribution in [3.05, 3.63) is 174 Å². The van der Waals surface area contributed by atoms with Crippen LogP contribution < -0.4 is 0 Å². The third-order valence-electron chi connectivity index (χ3n) is 7.99. The molecular weight excluding hydrogens is 512 g/mol. The molecule has 6 aromatic rings. The maximum atomic E-state index is 5.99. The molecule has 1 aliphatic carbocycles. The first kappa shape index (κ1) is 25.7. The van der Waals surface area contributed by atoms with Crippen molar-refractivity contribution in [3.8, 4) is 22.8 Å². The van der Waals surface area contributed by atoms with Gasteiger partial charge in [-0.1, -0.05) is 121 Å². The topological polar surface area (TPSA) is 38.4 Å². The summed E-state index contributed by atoms with van der Waals surface area (Å²) < 4.78 is 5.99. The molecule has 0 aliphatic heterocycles. The average molecular weight is 543 g/mol. The fourth-order valence-electron chi connectivity index (χ4n) is 5.77. The van der Waals surface area contributed by atoms with Crippen molar-refractivity contribution < 1.29 is 4.42 Å². The molecule has 1 aromatic heterocycles. The normalized spacial score (nSPS) is 16.5. The lowest BCUT2D eigenvalue weighted by atomic mass is 9.83. The van der Waals surface area contributed by atoms with Gasteiger partial charge in [-0.15, -0.1) is 0 Å². The van der Waals surface area contributed by atoms with E-state index in [1.165, 1.54) is 22.3 Å². The number of hydrogen-bond donors (Lipinski definition) is 0. The van der Waals surface area contributed by atoms with Crippen LogP contribution in [0.4, 0.5) is 5.69 Å². The monoisotopic (exact) mass is 542 g/mol. The summed E-state index contributed by atoms with van der Waals surface area (Å²) in [5, 5.41) is 0. The Labute approximate surface area is 246 Å². The summed E-state index contributed by atoms with van der Waals surface area (Å²) in [7, 11) is 0. The summed E-state index contributed by atoms with van der Waals surface area (Å²) in [6.07, 6.45) is 7.16. The molecule has 0 radical (unpaired) electrons. The molecule has 0 spiro atoms. The van der Waals surface area contributed by atoms with E-state index in [4.69, 9.17) is 9.41 Å². The third-order valence-corrected chi connectivity index (χ3v) is 7.99. The van der Waals surface area contributed by atoms with Crippen molar-refractivity contribution >= 4 is 17.5 Å². The number of allylic oxidation sites excluding steroid dienone is 2. The second kappa shape index (κ2) is 11.7. The van der Waals surface area contributed by atoms with Crippen LogP contribution in [0.15, 0.2) is 161 Å². The van der Waals surface area contributed by atoms with Gasteiger partial charge in [-0.3, -0.25) is 4.99 Å². The van der Waals surface area contributed by atoms with Crippen LogP contribution >= 0.6 is 0 Å². The van der Waals surface area contributed by atoms with Crippen molar-refractivity contribution in [2.75, 3.05) is 0 Å². The van der Waals surface area contributed by atoms with E-state index in [0.717, 1.165) is 34.6 Å². The number of aliphatic imine (C=N–C) groups is 1. The van der Waals surface area contributed by atoms with Gasteiger partial charge in [-0.2, -0.15) is 0 Å². The van der Waals surface area contributed by atoms with Crippen LogP contribution in [-0.4, -0.2) is 11.2 Å². The zero-order valence-electron chi connectivity index (χ0n) is 23.2. The summed E-state index contributed by atoms with van der Waals surface area (Å²) in [4.78, 5) is 9.20. The van der Waals surface area contributed by atoms with Gasteiger partial charge in [0.05, 0.1) is 11.9 Å². The van der Waals surface area contributed by atoms with Gasteiger partial charge >= 0.3 is 0 Å². The quantitative estimate of drug-likeness (QED) is 0.188. The molecule has 0 fully saturated rings. The highest BCUT2D eigenvalue weighted by Gasteiger charge is 2.30. The lowest BCUT2D eigenvalue weighted by molar-refractivity contribution is 0.589. The Morgan fingerprint density at radius 1 is 0.619 bits per heavy atom. The van der Waals surface area contributed by atoms with Gasteiger partial charge in [0.15, 0.2) is 5.76 Å². The molecule has 42 heavy (non-hydrogen) atoms. The molecule has 1 heterocycles. The Bertz CT molecular complexity index is 1820. The lowest BCUT2D eigenvalue weighted by Crippen LogP contribution is -2.04. The van der Waals surface area contributed by atoms with Crippen molar-refractivity contribution in [1.82, 2.24) is 4.98 Å². The highest BCUT2D eigenvalue weighted by Crippen LogP contribution is 2.47. The largest absolute Gasteiger partial charge is 0.436 e. The van der Waals surface area contributed by atoms with E-state index in [1.54, 1.807) is 6.20 Å². The highest BCUT2D eigenvalue weighted by molar-refractivity contribution is 5.83. The van der Waals surface area contributed by atoms with E-state index in [9.17, 15) is 0 Å². The Hall–Kier alpha value is -5.28. The summed E-state index contributed by atoms with van der Waals surface area (Å²) in [6, 6.07) is 48.5. The number of rotatable bonds is 7. The Morgan fingerprint density at radius 2 is 1.24 bits per heavy atom. The Kier molecular flexibility index (Phi) is 7.14. The van der Waals surface area contributed by atoms with Crippen molar-refractivity contribution in [3.63, 3.8) is 0 Å². The Morgan fingerprint density at radius 3 is 1.93 bits per heavy atom. The van der Waals surface area contributed by atoms with Crippen LogP contribution in [0.3, 0.4) is 0 Å². The first-order valence-electron chi connectivity index (χ1n) is 14.4. The minimum absolute atomic E-state index is 0.366. The zero-order chi connectivity index (χ0) is 28.1. The lowest BCUT2D eigenvalue weighted by Gasteiger charge is -2.20. The SMILES string of the molecule is C(=Nc1ccc(C2=C[C@@H](c3ccccc3)[C@H](c3ccccc3)C2)cc1)c1ccc(-c2ncc(-c3ccccc3)o2)cc1. The molecule has 0 amide bonds. The fourth-order valence-corrected chi connectivity index (χ4v) is 5.77. The number of oxazole rings is 1. The molecule has 7 rings (SSSR count).